The Kier molecular flexibility index (Phi) is 3.45. The Balaban J connectivity index is 2.33. The summed E-state index contributed by atoms with van der Waals surface area (Å²) in [7, 11) is 0. The molecular formula is C14H12ClNO. The predicted molar refractivity (Wildman–Crippen MR) is 71.5 cm³/mol. The molecule has 0 saturated heterocycles. The molecule has 1 N–H and O–H groups in total. The van der Waals surface area contributed by atoms with Gasteiger partial charge in [-0.2, -0.15) is 0 Å². The van der Waals surface area contributed by atoms with Gasteiger partial charge >= 0.3 is 0 Å². The summed E-state index contributed by atoms with van der Waals surface area (Å²) in [5, 5.41) is 10.1. The zero-order valence-electron chi connectivity index (χ0n) is 9.39. The molecule has 0 saturated carbocycles. The number of para-hydroxylation sites is 1. The largest absolute Gasteiger partial charge is 0.506 e. The Labute approximate surface area is 105 Å². The average molecular weight is 246 g/mol. The van der Waals surface area contributed by atoms with E-state index in [-0.39, 0.29) is 5.75 Å². The van der Waals surface area contributed by atoms with E-state index in [1.807, 2.05) is 43.3 Å². The van der Waals surface area contributed by atoms with Gasteiger partial charge in [0.15, 0.2) is 0 Å². The van der Waals surface area contributed by atoms with Gasteiger partial charge in [-0.25, -0.2) is 0 Å². The summed E-state index contributed by atoms with van der Waals surface area (Å²) in [6.07, 6.45) is 1.61. The van der Waals surface area contributed by atoms with Crippen molar-refractivity contribution in [3.05, 3.63) is 58.6 Å². The minimum Gasteiger partial charge on any atom is -0.506 e. The van der Waals surface area contributed by atoms with Crippen molar-refractivity contribution in [3.63, 3.8) is 0 Å². The molecule has 0 unspecified atom stereocenters. The maximum absolute atomic E-state index is 9.78. The van der Waals surface area contributed by atoms with E-state index in [4.69, 9.17) is 11.6 Å². The molecule has 0 aromatic heterocycles. The third kappa shape index (κ3) is 2.86. The highest BCUT2D eigenvalue weighted by Crippen LogP contribution is 2.28. The van der Waals surface area contributed by atoms with Crippen LogP contribution in [0.5, 0.6) is 5.75 Å². The first-order chi connectivity index (χ1) is 8.16. The minimum absolute atomic E-state index is 0.0666. The lowest BCUT2D eigenvalue weighted by Crippen LogP contribution is -1.85. The van der Waals surface area contributed by atoms with Crippen LogP contribution in [0.15, 0.2) is 47.5 Å². The van der Waals surface area contributed by atoms with E-state index < -0.39 is 0 Å². The molecule has 0 aliphatic rings. The Morgan fingerprint density at radius 2 is 1.88 bits per heavy atom. The van der Waals surface area contributed by atoms with Crippen molar-refractivity contribution in [2.45, 2.75) is 6.92 Å². The van der Waals surface area contributed by atoms with Crippen molar-refractivity contribution in [1.29, 1.82) is 0 Å². The van der Waals surface area contributed by atoms with Gasteiger partial charge in [-0.05, 0) is 36.8 Å². The molecular weight excluding hydrogens is 234 g/mol. The SMILES string of the molecule is Cc1cc(Cl)c(O)c(C=Nc2ccccc2)c1. The summed E-state index contributed by atoms with van der Waals surface area (Å²) in [4.78, 5) is 4.28. The number of aromatic hydroxyl groups is 1. The van der Waals surface area contributed by atoms with E-state index in [9.17, 15) is 5.11 Å². The van der Waals surface area contributed by atoms with Crippen molar-refractivity contribution >= 4 is 23.5 Å². The van der Waals surface area contributed by atoms with Crippen LogP contribution in [0.3, 0.4) is 0 Å². The highest BCUT2D eigenvalue weighted by molar-refractivity contribution is 6.32. The molecule has 86 valence electrons. The second-order valence-corrected chi connectivity index (χ2v) is 4.19. The molecule has 0 aliphatic carbocycles. The lowest BCUT2D eigenvalue weighted by molar-refractivity contribution is 0.474. The van der Waals surface area contributed by atoms with Crippen molar-refractivity contribution in [2.24, 2.45) is 4.99 Å². The van der Waals surface area contributed by atoms with Crippen molar-refractivity contribution < 1.29 is 5.11 Å². The maximum Gasteiger partial charge on any atom is 0.142 e. The number of aliphatic imine (C=N–C) groups is 1. The van der Waals surface area contributed by atoms with E-state index in [0.29, 0.717) is 10.6 Å². The van der Waals surface area contributed by atoms with Gasteiger partial charge in [0, 0.05) is 11.8 Å². The van der Waals surface area contributed by atoms with Crippen LogP contribution in [0.25, 0.3) is 0 Å². The summed E-state index contributed by atoms with van der Waals surface area (Å²) in [6, 6.07) is 13.1. The molecule has 0 fully saturated rings. The van der Waals surface area contributed by atoms with Crippen LogP contribution >= 0.6 is 11.6 Å². The smallest absolute Gasteiger partial charge is 0.142 e. The quantitative estimate of drug-likeness (QED) is 0.794. The number of nitrogens with zero attached hydrogens (tertiary/aromatic N) is 1. The summed E-state index contributed by atoms with van der Waals surface area (Å²) in [6.45, 7) is 1.92. The zero-order valence-corrected chi connectivity index (χ0v) is 10.1. The number of phenolic OH excluding ortho intramolecular Hbond substituents is 1. The number of halogens is 1. The lowest BCUT2D eigenvalue weighted by Gasteiger charge is -2.03. The molecule has 2 aromatic rings. The second kappa shape index (κ2) is 5.02. The topological polar surface area (TPSA) is 32.6 Å². The van der Waals surface area contributed by atoms with Gasteiger partial charge in [0.2, 0.25) is 0 Å². The predicted octanol–water partition coefficient (Wildman–Crippen LogP) is 4.10. The van der Waals surface area contributed by atoms with Crippen LogP contribution in [0.2, 0.25) is 5.02 Å². The van der Waals surface area contributed by atoms with Crippen LogP contribution in [-0.2, 0) is 0 Å². The van der Waals surface area contributed by atoms with E-state index in [1.54, 1.807) is 12.3 Å². The number of hydrogen-bond donors (Lipinski definition) is 1. The van der Waals surface area contributed by atoms with E-state index in [2.05, 4.69) is 4.99 Å². The normalized spacial score (nSPS) is 10.9. The van der Waals surface area contributed by atoms with Gasteiger partial charge in [0.05, 0.1) is 10.7 Å². The van der Waals surface area contributed by atoms with Crippen molar-refractivity contribution in [1.82, 2.24) is 0 Å². The molecule has 2 aromatic carbocycles. The van der Waals surface area contributed by atoms with Gasteiger partial charge in [-0.3, -0.25) is 4.99 Å². The fourth-order valence-electron chi connectivity index (χ4n) is 1.52. The Morgan fingerprint density at radius 1 is 1.18 bits per heavy atom. The Morgan fingerprint density at radius 3 is 2.59 bits per heavy atom. The lowest BCUT2D eigenvalue weighted by atomic mass is 10.1. The van der Waals surface area contributed by atoms with Gasteiger partial charge in [0.1, 0.15) is 5.75 Å². The van der Waals surface area contributed by atoms with Crippen LogP contribution in [0.1, 0.15) is 11.1 Å². The van der Waals surface area contributed by atoms with E-state index in [1.165, 1.54) is 0 Å². The summed E-state index contributed by atoms with van der Waals surface area (Å²) < 4.78 is 0. The molecule has 3 heteroatoms. The molecule has 2 rings (SSSR count). The minimum atomic E-state index is 0.0666. The third-order valence-corrected chi connectivity index (χ3v) is 2.63. The molecule has 0 radical (unpaired) electrons. The van der Waals surface area contributed by atoms with Gasteiger partial charge in [-0.1, -0.05) is 29.8 Å². The van der Waals surface area contributed by atoms with Crippen molar-refractivity contribution in [3.8, 4) is 5.75 Å². The zero-order chi connectivity index (χ0) is 12.3. The maximum atomic E-state index is 9.78. The van der Waals surface area contributed by atoms with E-state index in [0.717, 1.165) is 11.3 Å². The highest BCUT2D eigenvalue weighted by atomic mass is 35.5. The number of phenols is 1. The fourth-order valence-corrected chi connectivity index (χ4v) is 1.80. The third-order valence-electron chi connectivity index (χ3n) is 2.35. The van der Waals surface area contributed by atoms with E-state index >= 15 is 0 Å². The molecule has 0 atom stereocenters. The van der Waals surface area contributed by atoms with Crippen LogP contribution in [0, 0.1) is 6.92 Å². The van der Waals surface area contributed by atoms with Crippen LogP contribution in [-0.4, -0.2) is 11.3 Å². The fraction of sp³-hybridized carbons (Fsp3) is 0.0714. The number of benzene rings is 2. The molecule has 2 nitrogen and oxygen atoms in total. The van der Waals surface area contributed by atoms with Gasteiger partial charge in [0.25, 0.3) is 0 Å². The first-order valence-electron chi connectivity index (χ1n) is 5.25. The molecule has 0 spiro atoms. The van der Waals surface area contributed by atoms with Gasteiger partial charge in [-0.15, -0.1) is 0 Å². The summed E-state index contributed by atoms with van der Waals surface area (Å²) in [5.74, 6) is 0.0666. The molecule has 0 heterocycles. The van der Waals surface area contributed by atoms with Gasteiger partial charge < -0.3 is 5.11 Å². The van der Waals surface area contributed by atoms with Crippen molar-refractivity contribution in [2.75, 3.05) is 0 Å². The van der Waals surface area contributed by atoms with Crippen LogP contribution < -0.4 is 0 Å². The summed E-state index contributed by atoms with van der Waals surface area (Å²) in [5.41, 5.74) is 2.45. The first kappa shape index (κ1) is 11.7. The molecule has 0 aliphatic heterocycles. The molecule has 17 heavy (non-hydrogen) atoms. The monoisotopic (exact) mass is 245 g/mol. The standard InChI is InChI=1S/C14H12ClNO/c1-10-7-11(14(17)13(15)8-10)9-16-12-5-3-2-4-6-12/h2-9,17H,1H3. The number of aryl methyl sites for hydroxylation is 1. The number of rotatable bonds is 2. The highest BCUT2D eigenvalue weighted by Gasteiger charge is 2.04. The number of hydrogen-bond acceptors (Lipinski definition) is 2. The molecule has 0 amide bonds. The Bertz CT molecular complexity index is 550. The average Bonchev–Trinajstić information content (AvgIpc) is 2.33. The van der Waals surface area contributed by atoms with Crippen LogP contribution in [0.4, 0.5) is 5.69 Å². The first-order valence-corrected chi connectivity index (χ1v) is 5.63. The Hall–Kier alpha value is -1.80. The second-order valence-electron chi connectivity index (χ2n) is 3.78. The molecule has 0 bridgehead atoms. The summed E-state index contributed by atoms with van der Waals surface area (Å²) >= 11 is 5.89.